The lowest BCUT2D eigenvalue weighted by Crippen LogP contribution is -2.46. The van der Waals surface area contributed by atoms with Crippen molar-refractivity contribution in [2.45, 2.75) is 44.6 Å². The zero-order chi connectivity index (χ0) is 9.80. The van der Waals surface area contributed by atoms with Crippen molar-refractivity contribution < 1.29 is 4.79 Å². The number of rotatable bonds is 4. The van der Waals surface area contributed by atoms with Crippen LogP contribution in [0.15, 0.2) is 0 Å². The van der Waals surface area contributed by atoms with Gasteiger partial charge in [0.15, 0.2) is 0 Å². The molecule has 0 spiro atoms. The van der Waals surface area contributed by atoms with E-state index in [4.69, 9.17) is 0 Å². The minimum absolute atomic E-state index is 0.0861. The summed E-state index contributed by atoms with van der Waals surface area (Å²) in [4.78, 5) is 11.6. The van der Waals surface area contributed by atoms with Gasteiger partial charge in [-0.15, -0.1) is 0 Å². The van der Waals surface area contributed by atoms with Gasteiger partial charge in [-0.1, -0.05) is 19.3 Å². The maximum atomic E-state index is 11.6. The third-order valence-electron chi connectivity index (χ3n) is 3.18. The Morgan fingerprint density at radius 2 is 2.14 bits per heavy atom. The number of amides is 1. The maximum absolute atomic E-state index is 11.6. The summed E-state index contributed by atoms with van der Waals surface area (Å²) in [7, 11) is 0. The molecule has 3 heteroatoms. The first kappa shape index (κ1) is 9.97. The highest BCUT2D eigenvalue weighted by molar-refractivity contribution is 5.81. The van der Waals surface area contributed by atoms with E-state index < -0.39 is 0 Å². The zero-order valence-electron chi connectivity index (χ0n) is 8.72. The predicted octanol–water partition coefficient (Wildman–Crippen LogP) is 1.04. The van der Waals surface area contributed by atoms with E-state index in [2.05, 4.69) is 10.6 Å². The molecule has 0 aromatic heterocycles. The van der Waals surface area contributed by atoms with E-state index in [1.807, 2.05) is 0 Å². The van der Waals surface area contributed by atoms with E-state index >= 15 is 0 Å². The molecule has 2 fully saturated rings. The van der Waals surface area contributed by atoms with Gasteiger partial charge in [-0.3, -0.25) is 4.79 Å². The smallest absolute Gasteiger partial charge is 0.237 e. The number of carbonyl (C=O) groups is 1. The van der Waals surface area contributed by atoms with Crippen molar-refractivity contribution in [2.75, 3.05) is 13.1 Å². The summed E-state index contributed by atoms with van der Waals surface area (Å²) in [6.45, 7) is 1.88. The van der Waals surface area contributed by atoms with Gasteiger partial charge in [-0.2, -0.15) is 0 Å². The fourth-order valence-corrected chi connectivity index (χ4v) is 2.00. The van der Waals surface area contributed by atoms with E-state index in [9.17, 15) is 4.79 Å². The summed E-state index contributed by atoms with van der Waals surface area (Å²) >= 11 is 0. The Bertz CT molecular complexity index is 195. The molecular weight excluding hydrogens is 176 g/mol. The molecule has 0 aromatic rings. The molecule has 1 aliphatic carbocycles. The van der Waals surface area contributed by atoms with Gasteiger partial charge >= 0.3 is 0 Å². The number of piperidine rings is 1. The monoisotopic (exact) mass is 196 g/mol. The van der Waals surface area contributed by atoms with Gasteiger partial charge in [-0.25, -0.2) is 0 Å². The van der Waals surface area contributed by atoms with Crippen LogP contribution < -0.4 is 10.6 Å². The Labute approximate surface area is 85.6 Å². The normalized spacial score (nSPS) is 27.3. The highest BCUT2D eigenvalue weighted by Gasteiger charge is 2.23. The van der Waals surface area contributed by atoms with Crippen molar-refractivity contribution in [2.24, 2.45) is 5.92 Å². The van der Waals surface area contributed by atoms with E-state index in [1.165, 1.54) is 32.1 Å². The summed E-state index contributed by atoms with van der Waals surface area (Å²) in [5.74, 6) is 1.12. The lowest BCUT2D eigenvalue weighted by atomic mass is 10.0. The third kappa shape index (κ3) is 2.98. The van der Waals surface area contributed by atoms with E-state index in [-0.39, 0.29) is 11.9 Å². The molecule has 14 heavy (non-hydrogen) atoms. The summed E-state index contributed by atoms with van der Waals surface area (Å²) in [6, 6.07) is 0.0861. The van der Waals surface area contributed by atoms with Crippen LogP contribution in [0.4, 0.5) is 0 Å². The first-order chi connectivity index (χ1) is 6.86. The third-order valence-corrected chi connectivity index (χ3v) is 3.18. The molecule has 1 saturated carbocycles. The summed E-state index contributed by atoms with van der Waals surface area (Å²) < 4.78 is 0. The fraction of sp³-hybridized carbons (Fsp3) is 0.909. The fourth-order valence-electron chi connectivity index (χ4n) is 2.00. The molecule has 1 atom stereocenters. The van der Waals surface area contributed by atoms with Crippen molar-refractivity contribution >= 4 is 5.91 Å². The Kier molecular flexibility index (Phi) is 3.40. The second-order valence-electron chi connectivity index (χ2n) is 4.53. The van der Waals surface area contributed by atoms with Gasteiger partial charge in [0.1, 0.15) is 0 Å². The van der Waals surface area contributed by atoms with Crippen molar-refractivity contribution in [3.8, 4) is 0 Å². The summed E-state index contributed by atoms with van der Waals surface area (Å²) in [5.41, 5.74) is 0. The molecule has 0 aromatic carbocycles. The summed E-state index contributed by atoms with van der Waals surface area (Å²) in [5, 5.41) is 6.28. The molecule has 80 valence electrons. The molecule has 1 heterocycles. The minimum atomic E-state index is 0.0861. The molecule has 0 radical (unpaired) electrons. The van der Waals surface area contributed by atoms with Crippen LogP contribution in [0, 0.1) is 5.92 Å². The van der Waals surface area contributed by atoms with Crippen LogP contribution in [0.1, 0.15) is 38.5 Å². The molecule has 2 aliphatic rings. The molecule has 1 saturated heterocycles. The Morgan fingerprint density at radius 3 is 2.79 bits per heavy atom. The molecular formula is C11H20N2O. The van der Waals surface area contributed by atoms with E-state index in [0.29, 0.717) is 0 Å². The molecule has 2 N–H and O–H groups in total. The molecule has 1 amide bonds. The molecule has 2 rings (SSSR count). The Morgan fingerprint density at radius 1 is 1.29 bits per heavy atom. The molecule has 1 aliphatic heterocycles. The zero-order valence-corrected chi connectivity index (χ0v) is 8.72. The standard InChI is InChI=1S/C11H20N2O/c14-11(10-3-1-2-7-12-10)13-8-6-9-4-5-9/h9-10,12H,1-8H2,(H,13,14)/t10-/m0/s1. The van der Waals surface area contributed by atoms with Crippen LogP contribution in [0.2, 0.25) is 0 Å². The van der Waals surface area contributed by atoms with Crippen LogP contribution in [0.25, 0.3) is 0 Å². The average molecular weight is 196 g/mol. The van der Waals surface area contributed by atoms with Gasteiger partial charge in [-0.05, 0) is 31.7 Å². The number of hydrogen-bond acceptors (Lipinski definition) is 2. The van der Waals surface area contributed by atoms with Crippen molar-refractivity contribution in [3.05, 3.63) is 0 Å². The van der Waals surface area contributed by atoms with Gasteiger partial charge in [0.25, 0.3) is 0 Å². The van der Waals surface area contributed by atoms with Crippen LogP contribution in [0.3, 0.4) is 0 Å². The molecule has 3 nitrogen and oxygen atoms in total. The predicted molar refractivity (Wildman–Crippen MR) is 56.0 cm³/mol. The van der Waals surface area contributed by atoms with Gasteiger partial charge in [0.2, 0.25) is 5.91 Å². The number of hydrogen-bond donors (Lipinski definition) is 2. The van der Waals surface area contributed by atoms with Crippen molar-refractivity contribution in [1.82, 2.24) is 10.6 Å². The topological polar surface area (TPSA) is 41.1 Å². The quantitative estimate of drug-likeness (QED) is 0.705. The first-order valence-electron chi connectivity index (χ1n) is 5.87. The van der Waals surface area contributed by atoms with Crippen molar-refractivity contribution in [3.63, 3.8) is 0 Å². The number of nitrogens with one attached hydrogen (secondary N) is 2. The maximum Gasteiger partial charge on any atom is 0.237 e. The Hall–Kier alpha value is -0.570. The Balaban J connectivity index is 1.60. The van der Waals surface area contributed by atoms with Crippen LogP contribution in [-0.2, 0) is 4.79 Å². The van der Waals surface area contributed by atoms with Gasteiger partial charge in [0.05, 0.1) is 6.04 Å². The van der Waals surface area contributed by atoms with E-state index in [0.717, 1.165) is 25.4 Å². The first-order valence-corrected chi connectivity index (χ1v) is 5.87. The largest absolute Gasteiger partial charge is 0.355 e. The highest BCUT2D eigenvalue weighted by Crippen LogP contribution is 2.31. The van der Waals surface area contributed by atoms with Crippen LogP contribution >= 0.6 is 0 Å². The van der Waals surface area contributed by atoms with Crippen molar-refractivity contribution in [1.29, 1.82) is 0 Å². The highest BCUT2D eigenvalue weighted by atomic mass is 16.2. The van der Waals surface area contributed by atoms with Crippen LogP contribution in [0.5, 0.6) is 0 Å². The lowest BCUT2D eigenvalue weighted by molar-refractivity contribution is -0.123. The van der Waals surface area contributed by atoms with Gasteiger partial charge < -0.3 is 10.6 Å². The van der Waals surface area contributed by atoms with E-state index in [1.54, 1.807) is 0 Å². The van der Waals surface area contributed by atoms with Gasteiger partial charge in [0, 0.05) is 6.54 Å². The average Bonchev–Trinajstić information content (AvgIpc) is 3.03. The molecule has 0 bridgehead atoms. The molecule has 0 unspecified atom stereocenters. The number of carbonyl (C=O) groups excluding carboxylic acids is 1. The minimum Gasteiger partial charge on any atom is -0.355 e. The second kappa shape index (κ2) is 4.78. The van der Waals surface area contributed by atoms with Crippen LogP contribution in [-0.4, -0.2) is 25.0 Å². The summed E-state index contributed by atoms with van der Waals surface area (Å²) in [6.07, 6.45) is 7.34. The SMILES string of the molecule is O=C(NCCC1CC1)[C@@H]1CCCCN1. The lowest BCUT2D eigenvalue weighted by Gasteiger charge is -2.22. The second-order valence-corrected chi connectivity index (χ2v) is 4.53.